The first-order valence-corrected chi connectivity index (χ1v) is 5.51. The van der Waals surface area contributed by atoms with Gasteiger partial charge in [-0.2, -0.15) is 5.10 Å². The second-order valence-corrected chi connectivity index (χ2v) is 4.11. The van der Waals surface area contributed by atoms with Crippen LogP contribution in [0.3, 0.4) is 0 Å². The van der Waals surface area contributed by atoms with Crippen LogP contribution in [-0.4, -0.2) is 9.78 Å². The average molecular weight is 207 g/mol. The van der Waals surface area contributed by atoms with Crippen molar-refractivity contribution in [1.82, 2.24) is 9.78 Å². The molecule has 0 aliphatic carbocycles. The molecular formula is C10H13N3S. The monoisotopic (exact) mass is 207 g/mol. The van der Waals surface area contributed by atoms with E-state index >= 15 is 0 Å². The Balaban J connectivity index is 1.98. The Morgan fingerprint density at radius 2 is 2.36 bits per heavy atom. The molecule has 0 aliphatic rings. The van der Waals surface area contributed by atoms with Gasteiger partial charge in [0.2, 0.25) is 0 Å². The van der Waals surface area contributed by atoms with Crippen LogP contribution in [0.25, 0.3) is 0 Å². The van der Waals surface area contributed by atoms with Crippen molar-refractivity contribution in [2.75, 3.05) is 0 Å². The van der Waals surface area contributed by atoms with Crippen LogP contribution >= 0.6 is 11.3 Å². The van der Waals surface area contributed by atoms with Gasteiger partial charge in [0.25, 0.3) is 0 Å². The van der Waals surface area contributed by atoms with Gasteiger partial charge in [0.1, 0.15) is 0 Å². The lowest BCUT2D eigenvalue weighted by Gasteiger charge is -2.03. The van der Waals surface area contributed by atoms with Crippen molar-refractivity contribution in [3.63, 3.8) is 0 Å². The normalized spacial score (nSPS) is 10.6. The second kappa shape index (κ2) is 4.39. The summed E-state index contributed by atoms with van der Waals surface area (Å²) in [5.74, 6) is 0. The molecule has 0 aliphatic heterocycles. The van der Waals surface area contributed by atoms with Gasteiger partial charge in [-0.05, 0) is 17.5 Å². The van der Waals surface area contributed by atoms with Crippen molar-refractivity contribution in [3.8, 4) is 0 Å². The molecule has 0 bridgehead atoms. The van der Waals surface area contributed by atoms with Crippen LogP contribution in [0.15, 0.2) is 29.8 Å². The Kier molecular flexibility index (Phi) is 2.96. The highest BCUT2D eigenvalue weighted by atomic mass is 32.1. The zero-order valence-electron chi connectivity index (χ0n) is 7.89. The lowest BCUT2D eigenvalue weighted by atomic mass is 10.3. The third-order valence-electron chi connectivity index (χ3n) is 2.16. The minimum atomic E-state index is 0.560. The zero-order chi connectivity index (χ0) is 9.80. The summed E-state index contributed by atoms with van der Waals surface area (Å²) in [4.78, 5) is 1.39. The van der Waals surface area contributed by atoms with Gasteiger partial charge >= 0.3 is 0 Å². The number of aryl methyl sites for hydroxylation is 2. The van der Waals surface area contributed by atoms with Crippen molar-refractivity contribution in [2.45, 2.75) is 19.5 Å². The van der Waals surface area contributed by atoms with Crippen LogP contribution in [-0.2, 0) is 19.5 Å². The van der Waals surface area contributed by atoms with E-state index in [2.05, 4.69) is 22.6 Å². The topological polar surface area (TPSA) is 43.8 Å². The van der Waals surface area contributed by atoms with E-state index < -0.39 is 0 Å². The Bertz CT molecular complexity index is 378. The van der Waals surface area contributed by atoms with Crippen molar-refractivity contribution in [3.05, 3.63) is 40.3 Å². The summed E-state index contributed by atoms with van der Waals surface area (Å²) in [6, 6.07) is 6.19. The number of nitrogens with two attached hydrogens (primary N) is 1. The molecule has 2 aromatic rings. The van der Waals surface area contributed by atoms with Gasteiger partial charge in [-0.25, -0.2) is 0 Å². The maximum Gasteiger partial charge on any atom is 0.0520 e. The predicted octanol–water partition coefficient (Wildman–Crippen LogP) is 1.65. The predicted molar refractivity (Wildman–Crippen MR) is 58.1 cm³/mol. The second-order valence-electron chi connectivity index (χ2n) is 3.08. The Hall–Kier alpha value is -1.13. The number of rotatable bonds is 4. The minimum absolute atomic E-state index is 0.560. The first-order valence-electron chi connectivity index (χ1n) is 4.63. The van der Waals surface area contributed by atoms with E-state index in [1.165, 1.54) is 4.88 Å². The van der Waals surface area contributed by atoms with Crippen LogP contribution in [0.5, 0.6) is 0 Å². The molecule has 74 valence electrons. The highest BCUT2D eigenvalue weighted by Gasteiger charge is 2.00. The summed E-state index contributed by atoms with van der Waals surface area (Å²) >= 11 is 1.79. The molecule has 0 amide bonds. The van der Waals surface area contributed by atoms with Crippen molar-refractivity contribution in [1.29, 1.82) is 0 Å². The highest BCUT2D eigenvalue weighted by Crippen LogP contribution is 2.10. The van der Waals surface area contributed by atoms with E-state index in [-0.39, 0.29) is 0 Å². The van der Waals surface area contributed by atoms with Crippen LogP contribution in [0.4, 0.5) is 0 Å². The lowest BCUT2D eigenvalue weighted by Crippen LogP contribution is -2.10. The fourth-order valence-electron chi connectivity index (χ4n) is 1.41. The molecule has 14 heavy (non-hydrogen) atoms. The minimum Gasteiger partial charge on any atom is -0.325 e. The van der Waals surface area contributed by atoms with Gasteiger partial charge in [-0.3, -0.25) is 4.68 Å². The summed E-state index contributed by atoms with van der Waals surface area (Å²) < 4.78 is 1.97. The first-order chi connectivity index (χ1) is 6.90. The van der Waals surface area contributed by atoms with Crippen LogP contribution in [0.2, 0.25) is 0 Å². The molecule has 2 heterocycles. The summed E-state index contributed by atoms with van der Waals surface area (Å²) in [7, 11) is 0. The summed E-state index contributed by atoms with van der Waals surface area (Å²) in [5, 5.41) is 6.33. The molecule has 0 radical (unpaired) electrons. The molecule has 2 N–H and O–H groups in total. The largest absolute Gasteiger partial charge is 0.325 e. The Labute approximate surface area is 87.2 Å². The molecule has 0 atom stereocenters. The maximum absolute atomic E-state index is 5.59. The van der Waals surface area contributed by atoms with Gasteiger partial charge in [0.05, 0.1) is 5.69 Å². The van der Waals surface area contributed by atoms with Crippen molar-refractivity contribution < 1.29 is 0 Å². The maximum atomic E-state index is 5.59. The third-order valence-corrected chi connectivity index (χ3v) is 3.10. The van der Waals surface area contributed by atoms with E-state index in [0.717, 1.165) is 18.7 Å². The third kappa shape index (κ3) is 2.02. The highest BCUT2D eigenvalue weighted by molar-refractivity contribution is 7.09. The number of thiophene rings is 1. The van der Waals surface area contributed by atoms with Gasteiger partial charge in [-0.15, -0.1) is 11.3 Å². The molecule has 2 rings (SSSR count). The summed E-state index contributed by atoms with van der Waals surface area (Å²) in [5.41, 5.74) is 6.68. The van der Waals surface area contributed by atoms with Gasteiger partial charge in [0, 0.05) is 30.6 Å². The van der Waals surface area contributed by atoms with Crippen molar-refractivity contribution in [2.24, 2.45) is 5.73 Å². The average Bonchev–Trinajstić information content (AvgIpc) is 2.85. The molecule has 0 saturated heterocycles. The van der Waals surface area contributed by atoms with Crippen LogP contribution in [0, 0.1) is 0 Å². The van der Waals surface area contributed by atoms with E-state index in [9.17, 15) is 0 Å². The van der Waals surface area contributed by atoms with Crippen LogP contribution < -0.4 is 5.73 Å². The molecule has 0 saturated carbocycles. The van der Waals surface area contributed by atoms with Gasteiger partial charge in [0.15, 0.2) is 0 Å². The first kappa shape index (κ1) is 9.43. The zero-order valence-corrected chi connectivity index (χ0v) is 8.70. The fourth-order valence-corrected chi connectivity index (χ4v) is 2.10. The summed E-state index contributed by atoms with van der Waals surface area (Å²) in [6.45, 7) is 1.48. The molecule has 3 nitrogen and oxygen atoms in total. The number of aromatic nitrogens is 2. The Morgan fingerprint density at radius 3 is 3.07 bits per heavy atom. The smallest absolute Gasteiger partial charge is 0.0520 e. The van der Waals surface area contributed by atoms with Gasteiger partial charge < -0.3 is 5.73 Å². The number of hydrogen-bond acceptors (Lipinski definition) is 3. The number of hydrogen-bond donors (Lipinski definition) is 1. The van der Waals surface area contributed by atoms with Crippen LogP contribution in [0.1, 0.15) is 10.6 Å². The molecule has 0 aromatic carbocycles. The molecule has 2 aromatic heterocycles. The molecule has 0 fully saturated rings. The standard InChI is InChI=1S/C10H13N3S/c11-8-9-3-5-12-13(9)6-4-10-2-1-7-14-10/h1-3,5,7H,4,6,8,11H2. The molecule has 0 spiro atoms. The van der Waals surface area contributed by atoms with E-state index in [0.29, 0.717) is 6.54 Å². The number of nitrogens with zero attached hydrogens (tertiary/aromatic N) is 2. The summed E-state index contributed by atoms with van der Waals surface area (Å²) in [6.07, 6.45) is 2.84. The van der Waals surface area contributed by atoms with E-state index in [1.807, 2.05) is 10.7 Å². The quantitative estimate of drug-likeness (QED) is 0.828. The lowest BCUT2D eigenvalue weighted by molar-refractivity contribution is 0.588. The van der Waals surface area contributed by atoms with E-state index in [4.69, 9.17) is 5.73 Å². The van der Waals surface area contributed by atoms with Gasteiger partial charge in [-0.1, -0.05) is 6.07 Å². The SMILES string of the molecule is NCc1ccnn1CCc1cccs1. The Morgan fingerprint density at radius 1 is 1.43 bits per heavy atom. The van der Waals surface area contributed by atoms with E-state index in [1.54, 1.807) is 17.5 Å². The molecule has 0 unspecified atom stereocenters. The fraction of sp³-hybridized carbons (Fsp3) is 0.300. The molecular weight excluding hydrogens is 194 g/mol. The van der Waals surface area contributed by atoms with Crippen molar-refractivity contribution >= 4 is 11.3 Å². The molecule has 4 heteroatoms.